The van der Waals surface area contributed by atoms with Gasteiger partial charge in [-0.15, -0.1) is 0 Å². The number of rotatable bonds is 5. The van der Waals surface area contributed by atoms with E-state index >= 15 is 0 Å². The van der Waals surface area contributed by atoms with Crippen LogP contribution in [-0.4, -0.2) is 29.8 Å². The second kappa shape index (κ2) is 8.78. The van der Waals surface area contributed by atoms with Gasteiger partial charge in [0.05, 0.1) is 23.2 Å². The predicted molar refractivity (Wildman–Crippen MR) is 122 cm³/mol. The fraction of sp³-hybridized carbons (Fsp3) is 0.375. The molecule has 3 aromatic rings. The second-order valence-electron chi connectivity index (χ2n) is 8.51. The van der Waals surface area contributed by atoms with Gasteiger partial charge in [-0.3, -0.25) is 9.59 Å². The van der Waals surface area contributed by atoms with Gasteiger partial charge >= 0.3 is 5.97 Å². The first-order valence-corrected chi connectivity index (χ1v) is 11.4. The smallest absolute Gasteiger partial charge is 0.307 e. The minimum atomic E-state index is -0.332. The quantitative estimate of drug-likeness (QED) is 0.533. The van der Waals surface area contributed by atoms with Gasteiger partial charge < -0.3 is 18.8 Å². The predicted octanol–water partition coefficient (Wildman–Crippen LogP) is 4.42. The average molecular weight is 455 g/mol. The number of hydrogen-bond donors (Lipinski definition) is 0. The third-order valence-corrected chi connectivity index (χ3v) is 6.26. The first kappa shape index (κ1) is 22.1. The standard InChI is InChI=1S/C24H26N2O5S/c1-5-29-21(27)10-11-26-17-12-18-19(31-14-30-18)13-20(17)32-23(26)25-22(28)15-6-8-16(9-7-15)24(2,3)4/h6-9,12-13H,5,10-11,14H2,1-4H3. The number of nitrogens with zero attached hydrogens (tertiary/aromatic N) is 2. The summed E-state index contributed by atoms with van der Waals surface area (Å²) in [4.78, 5) is 29.8. The highest BCUT2D eigenvalue weighted by molar-refractivity contribution is 7.16. The van der Waals surface area contributed by atoms with Gasteiger partial charge in [0.15, 0.2) is 16.3 Å². The Kier molecular flexibility index (Phi) is 6.06. The minimum Gasteiger partial charge on any atom is -0.466 e. The number of aryl methyl sites for hydroxylation is 1. The largest absolute Gasteiger partial charge is 0.466 e. The zero-order chi connectivity index (χ0) is 22.9. The van der Waals surface area contributed by atoms with E-state index in [0.29, 0.717) is 35.0 Å². The van der Waals surface area contributed by atoms with Crippen molar-refractivity contribution in [1.29, 1.82) is 0 Å². The van der Waals surface area contributed by atoms with E-state index in [1.54, 1.807) is 19.1 Å². The van der Waals surface area contributed by atoms with E-state index in [9.17, 15) is 9.59 Å². The summed E-state index contributed by atoms with van der Waals surface area (Å²) in [6.07, 6.45) is 0.176. The van der Waals surface area contributed by atoms with Crippen LogP contribution in [0, 0.1) is 0 Å². The van der Waals surface area contributed by atoms with Crippen LogP contribution in [0.25, 0.3) is 10.2 Å². The summed E-state index contributed by atoms with van der Waals surface area (Å²) in [5, 5.41) is 0. The van der Waals surface area contributed by atoms with Crippen molar-refractivity contribution in [2.24, 2.45) is 4.99 Å². The third-order valence-electron chi connectivity index (χ3n) is 5.22. The van der Waals surface area contributed by atoms with Crippen LogP contribution < -0.4 is 14.3 Å². The van der Waals surface area contributed by atoms with Crippen LogP contribution >= 0.6 is 11.3 Å². The lowest BCUT2D eigenvalue weighted by molar-refractivity contribution is -0.143. The van der Waals surface area contributed by atoms with Gasteiger partial charge in [-0.1, -0.05) is 44.2 Å². The van der Waals surface area contributed by atoms with Gasteiger partial charge in [0.25, 0.3) is 5.91 Å². The molecule has 32 heavy (non-hydrogen) atoms. The Labute approximate surface area is 190 Å². The van der Waals surface area contributed by atoms with Gasteiger partial charge in [0.2, 0.25) is 6.79 Å². The van der Waals surface area contributed by atoms with Crippen molar-refractivity contribution >= 4 is 33.4 Å². The number of thiazole rings is 1. The molecule has 2 heterocycles. The fourth-order valence-corrected chi connectivity index (χ4v) is 4.53. The van der Waals surface area contributed by atoms with Crippen molar-refractivity contribution in [3.63, 3.8) is 0 Å². The van der Waals surface area contributed by atoms with E-state index in [1.807, 2.05) is 28.8 Å². The van der Waals surface area contributed by atoms with Crippen molar-refractivity contribution in [2.75, 3.05) is 13.4 Å². The summed E-state index contributed by atoms with van der Waals surface area (Å²) in [5.74, 6) is 0.667. The molecule has 0 unspecified atom stereocenters. The normalized spacial score (nSPS) is 13.6. The van der Waals surface area contributed by atoms with Crippen molar-refractivity contribution in [3.8, 4) is 11.5 Å². The summed E-state index contributed by atoms with van der Waals surface area (Å²) in [7, 11) is 0. The Morgan fingerprint density at radius 2 is 1.81 bits per heavy atom. The van der Waals surface area contributed by atoms with Crippen LogP contribution in [-0.2, 0) is 21.5 Å². The lowest BCUT2D eigenvalue weighted by Gasteiger charge is -2.18. The number of hydrogen-bond acceptors (Lipinski definition) is 6. The number of aromatic nitrogens is 1. The highest BCUT2D eigenvalue weighted by Gasteiger charge is 2.19. The molecule has 2 aromatic carbocycles. The Hall–Kier alpha value is -3.13. The van der Waals surface area contributed by atoms with E-state index in [0.717, 1.165) is 15.8 Å². The molecule has 7 nitrogen and oxygen atoms in total. The molecule has 0 saturated heterocycles. The number of fused-ring (bicyclic) bond motifs is 2. The Morgan fingerprint density at radius 3 is 2.47 bits per heavy atom. The zero-order valence-corrected chi connectivity index (χ0v) is 19.5. The Balaban J connectivity index is 1.73. The Morgan fingerprint density at radius 1 is 1.12 bits per heavy atom. The summed E-state index contributed by atoms with van der Waals surface area (Å²) >= 11 is 1.37. The highest BCUT2D eigenvalue weighted by atomic mass is 32.1. The molecule has 0 fully saturated rings. The molecule has 168 valence electrons. The molecular weight excluding hydrogens is 428 g/mol. The van der Waals surface area contributed by atoms with Gasteiger partial charge in [0.1, 0.15) is 0 Å². The molecule has 0 bridgehead atoms. The maximum atomic E-state index is 12.9. The van der Waals surface area contributed by atoms with Gasteiger partial charge in [-0.25, -0.2) is 0 Å². The van der Waals surface area contributed by atoms with Gasteiger partial charge in [0, 0.05) is 24.2 Å². The molecule has 0 N–H and O–H groups in total. The molecule has 1 aliphatic heterocycles. The van der Waals surface area contributed by atoms with Gasteiger partial charge in [-0.05, 0) is 30.0 Å². The number of ether oxygens (including phenoxy) is 3. The van der Waals surface area contributed by atoms with Crippen molar-refractivity contribution in [1.82, 2.24) is 4.57 Å². The first-order valence-electron chi connectivity index (χ1n) is 10.5. The monoisotopic (exact) mass is 454 g/mol. The molecule has 1 aliphatic rings. The molecule has 0 atom stereocenters. The summed E-state index contributed by atoms with van der Waals surface area (Å²) in [5.41, 5.74) is 2.50. The molecule has 0 spiro atoms. The van der Waals surface area contributed by atoms with Crippen molar-refractivity contribution < 1.29 is 23.8 Å². The summed E-state index contributed by atoms with van der Waals surface area (Å²) < 4.78 is 18.8. The van der Waals surface area contributed by atoms with E-state index in [4.69, 9.17) is 14.2 Å². The number of benzene rings is 2. The SMILES string of the molecule is CCOC(=O)CCn1c(=NC(=O)c2ccc(C(C)(C)C)cc2)sc2cc3c(cc21)OCO3. The molecule has 8 heteroatoms. The van der Waals surface area contributed by atoms with Crippen LogP contribution in [0.3, 0.4) is 0 Å². The molecule has 0 aliphatic carbocycles. The van der Waals surface area contributed by atoms with Crippen LogP contribution in [0.4, 0.5) is 0 Å². The lowest BCUT2D eigenvalue weighted by Crippen LogP contribution is -2.19. The van der Waals surface area contributed by atoms with Crippen LogP contribution in [0.5, 0.6) is 11.5 Å². The van der Waals surface area contributed by atoms with Crippen LogP contribution in [0.2, 0.25) is 0 Å². The highest BCUT2D eigenvalue weighted by Crippen LogP contribution is 2.37. The van der Waals surface area contributed by atoms with E-state index < -0.39 is 0 Å². The van der Waals surface area contributed by atoms with Crippen LogP contribution in [0.1, 0.15) is 50.0 Å². The van der Waals surface area contributed by atoms with Crippen LogP contribution in [0.15, 0.2) is 41.4 Å². The fourth-order valence-electron chi connectivity index (χ4n) is 3.46. The second-order valence-corrected chi connectivity index (χ2v) is 9.52. The lowest BCUT2D eigenvalue weighted by atomic mass is 9.87. The maximum absolute atomic E-state index is 12.9. The van der Waals surface area contributed by atoms with Crippen molar-refractivity contribution in [2.45, 2.75) is 46.1 Å². The molecule has 4 rings (SSSR count). The Bertz CT molecular complexity index is 1230. The summed E-state index contributed by atoms with van der Waals surface area (Å²) in [6.45, 7) is 9.00. The number of carbonyl (C=O) groups is 2. The topological polar surface area (TPSA) is 79.1 Å². The zero-order valence-electron chi connectivity index (χ0n) is 18.6. The average Bonchev–Trinajstić information content (AvgIpc) is 3.33. The van der Waals surface area contributed by atoms with E-state index in [-0.39, 0.29) is 30.5 Å². The number of esters is 1. The number of amides is 1. The van der Waals surface area contributed by atoms with E-state index in [1.165, 1.54) is 11.3 Å². The molecule has 0 saturated carbocycles. The van der Waals surface area contributed by atoms with E-state index in [2.05, 4.69) is 25.8 Å². The first-order chi connectivity index (χ1) is 15.3. The van der Waals surface area contributed by atoms with Gasteiger partial charge in [-0.2, -0.15) is 4.99 Å². The molecular formula is C24H26N2O5S. The number of carbonyl (C=O) groups excluding carboxylic acids is 2. The molecule has 1 amide bonds. The maximum Gasteiger partial charge on any atom is 0.307 e. The summed E-state index contributed by atoms with van der Waals surface area (Å²) in [6, 6.07) is 11.3. The minimum absolute atomic E-state index is 0.00482. The molecule has 1 aromatic heterocycles. The third kappa shape index (κ3) is 4.55. The molecule has 0 radical (unpaired) electrons. The van der Waals surface area contributed by atoms with Crippen molar-refractivity contribution in [3.05, 3.63) is 52.3 Å².